The second-order valence-electron chi connectivity index (χ2n) is 5.52. The first kappa shape index (κ1) is 14.5. The minimum Gasteiger partial charge on any atom is -0.484 e. The van der Waals surface area contributed by atoms with E-state index < -0.39 is 0 Å². The Labute approximate surface area is 132 Å². The summed E-state index contributed by atoms with van der Waals surface area (Å²) in [5.74, 6) is 2.58. The highest BCUT2D eigenvalue weighted by molar-refractivity contribution is 9.10. The van der Waals surface area contributed by atoms with E-state index in [0.717, 1.165) is 40.9 Å². The first-order chi connectivity index (χ1) is 10.1. The van der Waals surface area contributed by atoms with Crippen LogP contribution in [0.4, 0.5) is 0 Å². The molecule has 3 rings (SSSR count). The third-order valence-corrected chi connectivity index (χ3v) is 3.97. The lowest BCUT2D eigenvalue weighted by Gasteiger charge is -2.13. The van der Waals surface area contributed by atoms with Crippen LogP contribution in [0.5, 0.6) is 5.75 Å². The van der Waals surface area contributed by atoms with Crippen molar-refractivity contribution in [2.45, 2.75) is 44.8 Å². The van der Waals surface area contributed by atoms with E-state index in [1.54, 1.807) is 0 Å². The normalized spacial score (nSPS) is 16.0. The fourth-order valence-electron chi connectivity index (χ4n) is 2.18. The van der Waals surface area contributed by atoms with Crippen molar-refractivity contribution in [1.29, 1.82) is 0 Å². The average Bonchev–Trinajstić information content (AvgIpc) is 3.17. The molecule has 1 aromatic heterocycles. The van der Waals surface area contributed by atoms with Crippen LogP contribution in [-0.2, 0) is 13.0 Å². The van der Waals surface area contributed by atoms with Crippen LogP contribution in [0, 0.1) is 0 Å². The molecule has 0 bridgehead atoms. The van der Waals surface area contributed by atoms with E-state index in [4.69, 9.17) is 15.0 Å². The highest BCUT2D eigenvalue weighted by Gasteiger charge is 2.29. The van der Waals surface area contributed by atoms with Crippen molar-refractivity contribution >= 4 is 15.9 Å². The standard InChI is InChI=1S/C15H18BrN3O2/c1-9(17)7-11-3-2-4-12(16)14(11)20-8-13-18-15(21-19-13)10-5-6-10/h2-4,9-10H,5-8,17H2,1H3. The van der Waals surface area contributed by atoms with E-state index in [0.29, 0.717) is 18.3 Å². The zero-order valence-electron chi connectivity index (χ0n) is 11.9. The molecular formula is C15H18BrN3O2. The molecule has 0 saturated heterocycles. The van der Waals surface area contributed by atoms with Crippen LogP contribution >= 0.6 is 15.9 Å². The maximum Gasteiger partial charge on any atom is 0.229 e. The summed E-state index contributed by atoms with van der Waals surface area (Å²) in [5.41, 5.74) is 6.96. The largest absolute Gasteiger partial charge is 0.484 e. The Morgan fingerprint density at radius 1 is 1.48 bits per heavy atom. The van der Waals surface area contributed by atoms with E-state index in [2.05, 4.69) is 26.1 Å². The first-order valence-corrected chi connectivity index (χ1v) is 7.91. The zero-order chi connectivity index (χ0) is 14.8. The van der Waals surface area contributed by atoms with Gasteiger partial charge in [0.2, 0.25) is 11.7 Å². The zero-order valence-corrected chi connectivity index (χ0v) is 13.5. The van der Waals surface area contributed by atoms with Crippen LogP contribution < -0.4 is 10.5 Å². The summed E-state index contributed by atoms with van der Waals surface area (Å²) in [4.78, 5) is 4.36. The first-order valence-electron chi connectivity index (χ1n) is 7.11. The highest BCUT2D eigenvalue weighted by Crippen LogP contribution is 2.39. The molecule has 1 aromatic carbocycles. The number of hydrogen-bond acceptors (Lipinski definition) is 5. The van der Waals surface area contributed by atoms with Crippen LogP contribution in [0.1, 0.15) is 43.0 Å². The predicted octanol–water partition coefficient (Wildman–Crippen LogP) is 3.18. The number of halogens is 1. The number of rotatable bonds is 6. The summed E-state index contributed by atoms with van der Waals surface area (Å²) in [7, 11) is 0. The lowest BCUT2D eigenvalue weighted by atomic mass is 10.1. The molecule has 112 valence electrons. The highest BCUT2D eigenvalue weighted by atomic mass is 79.9. The topological polar surface area (TPSA) is 74.2 Å². The SMILES string of the molecule is CC(N)Cc1cccc(Br)c1OCc1noc(C2CC2)n1. The number of ether oxygens (including phenoxy) is 1. The molecule has 2 aromatic rings. The third-order valence-electron chi connectivity index (χ3n) is 3.35. The summed E-state index contributed by atoms with van der Waals surface area (Å²) < 4.78 is 12.0. The molecule has 0 aliphatic heterocycles. The molecule has 1 aliphatic carbocycles. The second-order valence-corrected chi connectivity index (χ2v) is 6.38. The lowest BCUT2D eigenvalue weighted by molar-refractivity contribution is 0.280. The van der Waals surface area contributed by atoms with Crippen molar-refractivity contribution in [2.75, 3.05) is 0 Å². The van der Waals surface area contributed by atoms with Gasteiger partial charge in [0.25, 0.3) is 0 Å². The van der Waals surface area contributed by atoms with Crippen molar-refractivity contribution < 1.29 is 9.26 Å². The van der Waals surface area contributed by atoms with Crippen LogP contribution in [-0.4, -0.2) is 16.2 Å². The summed E-state index contributed by atoms with van der Waals surface area (Å²) >= 11 is 3.52. The third kappa shape index (κ3) is 3.63. The van der Waals surface area contributed by atoms with Gasteiger partial charge in [0.1, 0.15) is 5.75 Å². The fourth-order valence-corrected chi connectivity index (χ4v) is 2.70. The molecule has 0 radical (unpaired) electrons. The van der Waals surface area contributed by atoms with Crippen molar-refractivity contribution in [3.63, 3.8) is 0 Å². The van der Waals surface area contributed by atoms with Crippen LogP contribution in [0.3, 0.4) is 0 Å². The number of para-hydroxylation sites is 1. The van der Waals surface area contributed by atoms with Gasteiger partial charge in [-0.3, -0.25) is 0 Å². The smallest absolute Gasteiger partial charge is 0.229 e. The molecule has 1 aliphatic rings. The van der Waals surface area contributed by atoms with E-state index in [-0.39, 0.29) is 6.04 Å². The molecule has 1 saturated carbocycles. The molecule has 5 nitrogen and oxygen atoms in total. The predicted molar refractivity (Wildman–Crippen MR) is 82.1 cm³/mol. The van der Waals surface area contributed by atoms with E-state index in [1.807, 2.05) is 25.1 Å². The minimum atomic E-state index is 0.0771. The molecule has 0 spiro atoms. The Balaban J connectivity index is 1.71. The Morgan fingerprint density at radius 2 is 2.29 bits per heavy atom. The van der Waals surface area contributed by atoms with Gasteiger partial charge in [0, 0.05) is 12.0 Å². The molecule has 2 N–H and O–H groups in total. The van der Waals surface area contributed by atoms with Crippen LogP contribution in [0.15, 0.2) is 27.2 Å². The Bertz CT molecular complexity index is 623. The summed E-state index contributed by atoms with van der Waals surface area (Å²) in [6, 6.07) is 6.03. The minimum absolute atomic E-state index is 0.0771. The molecule has 21 heavy (non-hydrogen) atoms. The molecule has 1 atom stereocenters. The number of hydrogen-bond donors (Lipinski definition) is 1. The van der Waals surface area contributed by atoms with Gasteiger partial charge in [-0.25, -0.2) is 0 Å². The molecular weight excluding hydrogens is 334 g/mol. The molecule has 1 unspecified atom stereocenters. The second kappa shape index (κ2) is 6.15. The number of benzene rings is 1. The maximum absolute atomic E-state index is 5.88. The van der Waals surface area contributed by atoms with Gasteiger partial charge in [-0.05, 0) is 53.7 Å². The molecule has 0 amide bonds. The van der Waals surface area contributed by atoms with Gasteiger partial charge in [-0.1, -0.05) is 17.3 Å². The molecule has 6 heteroatoms. The van der Waals surface area contributed by atoms with Gasteiger partial charge < -0.3 is 15.0 Å². The summed E-state index contributed by atoms with van der Waals surface area (Å²) in [6.45, 7) is 2.27. The Kier molecular flexibility index (Phi) is 4.26. The number of nitrogens with two attached hydrogens (primary N) is 1. The van der Waals surface area contributed by atoms with E-state index >= 15 is 0 Å². The molecule has 1 heterocycles. The number of aromatic nitrogens is 2. The monoisotopic (exact) mass is 351 g/mol. The molecule has 1 fully saturated rings. The van der Waals surface area contributed by atoms with Crippen molar-refractivity contribution in [3.05, 3.63) is 40.0 Å². The van der Waals surface area contributed by atoms with Crippen LogP contribution in [0.25, 0.3) is 0 Å². The fraction of sp³-hybridized carbons (Fsp3) is 0.467. The van der Waals surface area contributed by atoms with Gasteiger partial charge in [-0.2, -0.15) is 4.98 Å². The maximum atomic E-state index is 5.88. The van der Waals surface area contributed by atoms with Gasteiger partial charge in [0.15, 0.2) is 6.61 Å². The van der Waals surface area contributed by atoms with E-state index in [1.165, 1.54) is 0 Å². The van der Waals surface area contributed by atoms with Gasteiger partial charge in [0.05, 0.1) is 4.47 Å². The Hall–Kier alpha value is -1.40. The Morgan fingerprint density at radius 3 is 3.00 bits per heavy atom. The number of nitrogens with zero attached hydrogens (tertiary/aromatic N) is 2. The van der Waals surface area contributed by atoms with Crippen LogP contribution in [0.2, 0.25) is 0 Å². The van der Waals surface area contributed by atoms with E-state index in [9.17, 15) is 0 Å². The van der Waals surface area contributed by atoms with Gasteiger partial charge >= 0.3 is 0 Å². The van der Waals surface area contributed by atoms with Crippen molar-refractivity contribution in [3.8, 4) is 5.75 Å². The summed E-state index contributed by atoms with van der Waals surface area (Å²) in [5, 5.41) is 3.96. The van der Waals surface area contributed by atoms with Crippen molar-refractivity contribution in [1.82, 2.24) is 10.1 Å². The lowest BCUT2D eigenvalue weighted by Crippen LogP contribution is -2.18. The average molecular weight is 352 g/mol. The van der Waals surface area contributed by atoms with Crippen molar-refractivity contribution in [2.24, 2.45) is 5.73 Å². The summed E-state index contributed by atoms with van der Waals surface area (Å²) in [6.07, 6.45) is 3.05. The quantitative estimate of drug-likeness (QED) is 0.864. The van der Waals surface area contributed by atoms with Gasteiger partial charge in [-0.15, -0.1) is 0 Å².